The highest BCUT2D eigenvalue weighted by Gasteiger charge is 2.60. The molecule has 220 valence electrons. The molecule has 4 unspecified atom stereocenters. The summed E-state index contributed by atoms with van der Waals surface area (Å²) < 4.78 is 0. The second kappa shape index (κ2) is 11.8. The quantitative estimate of drug-likeness (QED) is 0.296. The molecule has 6 rings (SSSR count). The van der Waals surface area contributed by atoms with Crippen molar-refractivity contribution < 1.29 is 9.59 Å². The summed E-state index contributed by atoms with van der Waals surface area (Å²) in [5, 5.41) is 9.29. The van der Waals surface area contributed by atoms with E-state index in [1.165, 1.54) is 6.42 Å². The van der Waals surface area contributed by atoms with Gasteiger partial charge in [-0.05, 0) is 68.5 Å². The molecule has 2 saturated heterocycles. The highest BCUT2D eigenvalue weighted by atomic mass is 35.5. The van der Waals surface area contributed by atoms with Crippen molar-refractivity contribution in [3.8, 4) is 23.7 Å². The molecule has 41 heavy (non-hydrogen) atoms. The van der Waals surface area contributed by atoms with E-state index in [9.17, 15) is 9.59 Å². The van der Waals surface area contributed by atoms with E-state index in [0.29, 0.717) is 11.3 Å². The van der Waals surface area contributed by atoms with E-state index >= 15 is 0 Å². The molecule has 0 bridgehead atoms. The van der Waals surface area contributed by atoms with Crippen LogP contribution in [0.15, 0.2) is 10.8 Å². The van der Waals surface area contributed by atoms with Gasteiger partial charge in [0.15, 0.2) is 0 Å². The van der Waals surface area contributed by atoms with Gasteiger partial charge in [-0.3, -0.25) is 9.59 Å². The summed E-state index contributed by atoms with van der Waals surface area (Å²) >= 11 is 8.42. The number of fused-ring (bicyclic) bond motifs is 2. The molecule has 2 aromatic heterocycles. The Morgan fingerprint density at radius 1 is 0.927 bits per heavy atom. The Hall–Kier alpha value is -2.23. The third kappa shape index (κ3) is 7.99. The maximum Gasteiger partial charge on any atom is 0.228 e. The summed E-state index contributed by atoms with van der Waals surface area (Å²) in [6.07, 6.45) is 2.42. The van der Waals surface area contributed by atoms with Crippen LogP contribution in [-0.4, -0.2) is 52.2 Å². The number of rotatable bonds is 0. The third-order valence-corrected chi connectivity index (χ3v) is 9.96. The molecule has 4 heterocycles. The average molecular weight is 613 g/mol. The second-order valence-corrected chi connectivity index (χ2v) is 16.2. The maximum atomic E-state index is 12.3. The first-order valence-corrected chi connectivity index (χ1v) is 16.3. The number of piperidine rings is 2. The predicted octanol–water partition coefficient (Wildman–Crippen LogP) is 5.91. The molecule has 2 aromatic rings. The van der Waals surface area contributed by atoms with Crippen LogP contribution in [0.1, 0.15) is 75.8 Å². The number of aryl methyl sites for hydroxylation is 2. The van der Waals surface area contributed by atoms with Crippen LogP contribution in [0.5, 0.6) is 0 Å². The number of nitrogens with zero attached hydrogens (tertiary/aromatic N) is 3. The Bertz CT molecular complexity index is 1430. The third-order valence-electron chi connectivity index (χ3n) is 7.84. The largest absolute Gasteiger partial charge is 0.340 e. The van der Waals surface area contributed by atoms with Gasteiger partial charge in [-0.1, -0.05) is 53.4 Å². The molecule has 2 aliphatic carbocycles. The van der Waals surface area contributed by atoms with Crippen molar-refractivity contribution in [3.63, 3.8) is 0 Å². The van der Waals surface area contributed by atoms with Crippen LogP contribution in [0.25, 0.3) is 0 Å². The lowest BCUT2D eigenvalue weighted by Gasteiger charge is -2.27. The zero-order valence-electron chi connectivity index (χ0n) is 25.4. The number of hydrogen-bond donors (Lipinski definition) is 1. The number of likely N-dealkylation sites (tertiary alicyclic amines) is 1. The van der Waals surface area contributed by atoms with Crippen LogP contribution >= 0.6 is 34.3 Å². The summed E-state index contributed by atoms with van der Waals surface area (Å²) in [4.78, 5) is 33.3. The maximum absolute atomic E-state index is 12.3. The molecular weight excluding hydrogens is 572 g/mol. The summed E-state index contributed by atoms with van der Waals surface area (Å²) in [5.74, 6) is 14.8. The number of aromatic nitrogens is 2. The molecular formula is C32H41ClN4O2S2. The summed E-state index contributed by atoms with van der Waals surface area (Å²) in [5.41, 5.74) is 1.52. The Morgan fingerprint density at radius 3 is 1.83 bits per heavy atom. The fourth-order valence-electron chi connectivity index (χ4n) is 5.06. The van der Waals surface area contributed by atoms with Crippen molar-refractivity contribution in [3.05, 3.63) is 32.2 Å². The zero-order valence-corrected chi connectivity index (χ0v) is 27.8. The number of carbonyl (C=O) groups excluding carboxylic acids is 2. The van der Waals surface area contributed by atoms with E-state index < -0.39 is 0 Å². The lowest BCUT2D eigenvalue weighted by atomic mass is 9.94. The number of hydrogen-bond acceptors (Lipinski definition) is 7. The van der Waals surface area contributed by atoms with E-state index in [4.69, 9.17) is 11.6 Å². The van der Waals surface area contributed by atoms with Gasteiger partial charge in [0.25, 0.3) is 0 Å². The zero-order chi connectivity index (χ0) is 30.2. The molecule has 6 nitrogen and oxygen atoms in total. The minimum Gasteiger partial charge on any atom is -0.340 e. The molecule has 0 aromatic carbocycles. The molecule has 1 N–H and O–H groups in total. The normalized spacial score (nSPS) is 26.9. The molecule has 4 fully saturated rings. The van der Waals surface area contributed by atoms with E-state index in [1.54, 1.807) is 43.4 Å². The van der Waals surface area contributed by atoms with Crippen LogP contribution in [0.2, 0.25) is 0 Å². The number of thiazole rings is 2. The molecule has 0 spiro atoms. The average Bonchev–Trinajstić information content (AvgIpc) is 3.34. The van der Waals surface area contributed by atoms with Crippen molar-refractivity contribution in [2.75, 3.05) is 26.2 Å². The van der Waals surface area contributed by atoms with Gasteiger partial charge in [0.1, 0.15) is 11.4 Å². The molecule has 4 atom stereocenters. The smallest absolute Gasteiger partial charge is 0.228 e. The van der Waals surface area contributed by atoms with Crippen molar-refractivity contribution in [1.82, 2.24) is 20.2 Å². The van der Waals surface area contributed by atoms with E-state index in [-0.39, 0.29) is 27.4 Å². The first-order chi connectivity index (χ1) is 19.0. The lowest BCUT2D eigenvalue weighted by molar-refractivity contribution is -0.139. The van der Waals surface area contributed by atoms with Gasteiger partial charge in [-0.15, -0.1) is 22.7 Å². The monoisotopic (exact) mass is 612 g/mol. The van der Waals surface area contributed by atoms with Gasteiger partial charge in [-0.2, -0.15) is 0 Å². The van der Waals surface area contributed by atoms with Gasteiger partial charge < -0.3 is 10.2 Å². The molecule has 2 aliphatic heterocycles. The number of amides is 1. The van der Waals surface area contributed by atoms with Crippen molar-refractivity contribution in [1.29, 1.82) is 0 Å². The van der Waals surface area contributed by atoms with Crippen molar-refractivity contribution in [2.24, 2.45) is 33.5 Å². The highest BCUT2D eigenvalue weighted by molar-refractivity contribution is 7.09. The van der Waals surface area contributed by atoms with Crippen LogP contribution in [0, 0.1) is 71.0 Å². The van der Waals surface area contributed by atoms with Gasteiger partial charge in [-0.25, -0.2) is 9.97 Å². The Balaban J connectivity index is 0.000000160. The number of carbonyl (C=O) groups is 2. The number of halogens is 1. The van der Waals surface area contributed by atoms with Gasteiger partial charge in [0, 0.05) is 46.6 Å². The lowest BCUT2D eigenvalue weighted by Crippen LogP contribution is -2.39. The van der Waals surface area contributed by atoms with Crippen LogP contribution in [0.3, 0.4) is 0 Å². The molecule has 2 saturated carbocycles. The topological polar surface area (TPSA) is 75.2 Å². The summed E-state index contributed by atoms with van der Waals surface area (Å²) in [6.45, 7) is 19.2. The highest BCUT2D eigenvalue weighted by Crippen LogP contribution is 2.57. The van der Waals surface area contributed by atoms with Crippen LogP contribution < -0.4 is 5.32 Å². The standard InChI is InChI=1S/C16H20N2OS.C11H12N2S.C5H9ClO/c1-11-17-13(9-20-11)5-6-16-7-12(16)8-18(10-16)14(19)15(2,3)4;1-8-13-10(6-14-8)2-3-11-4-9(11)5-12-7-11;1-5(2,3)4(6)7/h9,12H,7-8,10H2,1-4H3;6,9,12H,4-5,7H2,1H3;1-3H3. The van der Waals surface area contributed by atoms with Crippen LogP contribution in [0.4, 0.5) is 0 Å². The fourth-order valence-corrected chi connectivity index (χ4v) is 6.15. The number of nitrogens with one attached hydrogen (secondary N) is 1. The fraction of sp³-hybridized carbons (Fsp3) is 0.625. The van der Waals surface area contributed by atoms with Crippen molar-refractivity contribution >= 4 is 45.4 Å². The Labute approximate surface area is 258 Å². The van der Waals surface area contributed by atoms with Gasteiger partial charge in [0.2, 0.25) is 11.1 Å². The SMILES string of the molecule is CC(C)(C)C(=O)Cl.Cc1nc(C#CC23CC2CN(C(=O)C(C)(C)C)C3)cs1.Cc1nc(C#CC23CNCC2C3)cs1. The predicted molar refractivity (Wildman–Crippen MR) is 168 cm³/mol. The Kier molecular flexibility index (Phi) is 9.13. The Morgan fingerprint density at radius 2 is 1.44 bits per heavy atom. The van der Waals surface area contributed by atoms with E-state index in [2.05, 4.69) is 39.0 Å². The van der Waals surface area contributed by atoms with Crippen molar-refractivity contribution in [2.45, 2.75) is 68.2 Å². The first-order valence-electron chi connectivity index (χ1n) is 14.1. The minimum atomic E-state index is -0.373. The molecule has 4 aliphatic rings. The van der Waals surface area contributed by atoms with Gasteiger partial charge in [0.05, 0.1) is 15.4 Å². The van der Waals surface area contributed by atoms with Gasteiger partial charge >= 0.3 is 0 Å². The van der Waals surface area contributed by atoms with E-state index in [1.807, 2.05) is 50.3 Å². The molecule has 1 amide bonds. The first kappa shape index (κ1) is 31.7. The molecule has 9 heteroatoms. The second-order valence-electron chi connectivity index (χ2n) is 13.7. The minimum absolute atomic E-state index is 0.0540. The van der Waals surface area contributed by atoms with Crippen LogP contribution in [-0.2, 0) is 9.59 Å². The molecule has 0 radical (unpaired) electrons. The van der Waals surface area contributed by atoms with E-state index in [0.717, 1.165) is 59.9 Å². The summed E-state index contributed by atoms with van der Waals surface area (Å²) in [6, 6.07) is 0. The summed E-state index contributed by atoms with van der Waals surface area (Å²) in [7, 11) is 0.